The number of esters is 2. The second-order valence-corrected chi connectivity index (χ2v) is 20.4. The van der Waals surface area contributed by atoms with Crippen LogP contribution in [-0.2, 0) is 56.7 Å². The number of carbonyl (C=O) groups excluding carboxylic acids is 2. The van der Waals surface area contributed by atoms with Crippen molar-refractivity contribution in [3.63, 3.8) is 0 Å². The number of carboxylic acid groups (broad SMARTS) is 1. The highest BCUT2D eigenvalue weighted by atomic mass is 31.2. The number of nitrogens with zero attached hydrogens (tertiary/aromatic N) is 4. The number of benzene rings is 2. The van der Waals surface area contributed by atoms with Crippen molar-refractivity contribution < 1.29 is 52.0 Å². The van der Waals surface area contributed by atoms with Crippen LogP contribution in [0.25, 0.3) is 0 Å². The topological polar surface area (TPSA) is 155 Å². The number of phosphoric ester groups is 1. The van der Waals surface area contributed by atoms with Gasteiger partial charge in [0.2, 0.25) is 0 Å². The van der Waals surface area contributed by atoms with Crippen molar-refractivity contribution in [2.45, 2.75) is 122 Å². The van der Waals surface area contributed by atoms with Crippen molar-refractivity contribution in [2.24, 2.45) is 0 Å². The number of quaternary nitrogens is 1. The molecule has 14 nitrogen and oxygen atoms in total. The van der Waals surface area contributed by atoms with Crippen LogP contribution in [0.1, 0.15) is 119 Å². The van der Waals surface area contributed by atoms with Gasteiger partial charge in [0.05, 0.1) is 60.6 Å². The highest BCUT2D eigenvalue weighted by Crippen LogP contribution is 2.43. The first-order valence-corrected chi connectivity index (χ1v) is 26.3. The fourth-order valence-electron chi connectivity index (χ4n) is 7.38. The van der Waals surface area contributed by atoms with Gasteiger partial charge in [0, 0.05) is 39.0 Å². The monoisotopic (exact) mass is 948 g/mol. The lowest BCUT2D eigenvalue weighted by Gasteiger charge is -2.25. The van der Waals surface area contributed by atoms with Gasteiger partial charge in [-0.2, -0.15) is 0 Å². The van der Waals surface area contributed by atoms with Crippen molar-refractivity contribution >= 4 is 25.7 Å². The third-order valence-electron chi connectivity index (χ3n) is 11.6. The number of carboxylic acids is 1. The molecule has 2 rings (SSSR count). The highest BCUT2D eigenvalue weighted by molar-refractivity contribution is 7.47. The molecule has 1 atom stereocenters. The molecule has 376 valence electrons. The van der Waals surface area contributed by atoms with Crippen molar-refractivity contribution in [3.8, 4) is 0 Å². The van der Waals surface area contributed by atoms with Crippen LogP contribution < -0.4 is 0 Å². The van der Waals surface area contributed by atoms with Crippen LogP contribution in [0.3, 0.4) is 0 Å². The molecule has 0 spiro atoms. The summed E-state index contributed by atoms with van der Waals surface area (Å²) < 4.78 is 33.6. The predicted octanol–water partition coefficient (Wildman–Crippen LogP) is 8.43. The third kappa shape index (κ3) is 34.1. The van der Waals surface area contributed by atoms with E-state index in [9.17, 15) is 28.9 Å². The summed E-state index contributed by atoms with van der Waals surface area (Å²) in [4.78, 5) is 51.7. The first-order chi connectivity index (χ1) is 31.6. The first kappa shape index (κ1) is 58.9. The Morgan fingerprint density at radius 2 is 0.939 bits per heavy atom. The van der Waals surface area contributed by atoms with Crippen LogP contribution in [0.15, 0.2) is 54.6 Å². The Morgan fingerprint density at radius 1 is 0.515 bits per heavy atom. The molecule has 0 aliphatic heterocycles. The Labute approximate surface area is 398 Å². The van der Waals surface area contributed by atoms with Crippen LogP contribution in [-0.4, -0.2) is 161 Å². The maximum absolute atomic E-state index is 12.7. The number of aryl methyl sites for hydroxylation is 1. The molecule has 0 saturated heterocycles. The Bertz CT molecular complexity index is 1610. The number of rotatable bonds is 42. The van der Waals surface area contributed by atoms with Gasteiger partial charge in [-0.3, -0.25) is 33.2 Å². The van der Waals surface area contributed by atoms with Crippen molar-refractivity contribution in [2.75, 3.05) is 114 Å². The minimum absolute atomic E-state index is 0.0919. The van der Waals surface area contributed by atoms with Crippen LogP contribution in [0, 0.1) is 0 Å². The van der Waals surface area contributed by atoms with E-state index in [2.05, 4.69) is 24.3 Å². The normalized spacial score (nSPS) is 12.8. The molecule has 0 heterocycles. The number of hydrogen-bond donors (Lipinski definition) is 2. The molecule has 2 aromatic carbocycles. The van der Waals surface area contributed by atoms with Crippen LogP contribution >= 0.6 is 7.82 Å². The zero-order valence-corrected chi connectivity index (χ0v) is 42.4. The van der Waals surface area contributed by atoms with E-state index in [0.29, 0.717) is 56.7 Å². The number of carbonyl (C=O) groups is 3. The number of aliphatic carboxylic acids is 1. The molecule has 0 bridgehead atoms. The first-order valence-electron chi connectivity index (χ1n) is 24.8. The molecule has 0 aromatic heterocycles. The summed E-state index contributed by atoms with van der Waals surface area (Å²) in [7, 11) is 5.89. The van der Waals surface area contributed by atoms with Gasteiger partial charge in [-0.25, -0.2) is 4.57 Å². The van der Waals surface area contributed by atoms with E-state index in [1.54, 1.807) is 4.90 Å². The molecular weight excluding hydrogens is 860 g/mol. The summed E-state index contributed by atoms with van der Waals surface area (Å²) in [6, 6.07) is 18.4. The molecule has 0 fully saturated rings. The number of ether oxygens (including phenoxy) is 2. The van der Waals surface area contributed by atoms with E-state index in [1.807, 2.05) is 75.4 Å². The minimum Gasteiger partial charge on any atom is -0.480 e. The Balaban J connectivity index is 1.42. The molecule has 1 unspecified atom stereocenters. The van der Waals surface area contributed by atoms with Gasteiger partial charge < -0.3 is 28.9 Å². The molecule has 2 N–H and O–H groups in total. The molecule has 0 saturated carbocycles. The zero-order chi connectivity index (χ0) is 48.3. The van der Waals surface area contributed by atoms with Crippen LogP contribution in [0.5, 0.6) is 0 Å². The quantitative estimate of drug-likeness (QED) is 0.0284. The van der Waals surface area contributed by atoms with E-state index < -0.39 is 19.8 Å². The lowest BCUT2D eigenvalue weighted by Crippen LogP contribution is -2.41. The fraction of sp³-hybridized carbons (Fsp3) is 0.706. The molecule has 66 heavy (non-hydrogen) atoms. The maximum atomic E-state index is 12.7. The fourth-order valence-corrected chi connectivity index (χ4v) is 8.13. The van der Waals surface area contributed by atoms with E-state index in [1.165, 1.54) is 89.0 Å². The number of likely N-dealkylation sites (N-methyl/N-ethyl adjacent to an activating group) is 3. The van der Waals surface area contributed by atoms with Gasteiger partial charge in [0.15, 0.2) is 0 Å². The second-order valence-electron chi connectivity index (χ2n) is 18.9. The van der Waals surface area contributed by atoms with E-state index in [-0.39, 0.29) is 45.4 Å². The van der Waals surface area contributed by atoms with Crippen LogP contribution in [0.4, 0.5) is 0 Å². The van der Waals surface area contributed by atoms with Gasteiger partial charge in [0.1, 0.15) is 13.2 Å². The summed E-state index contributed by atoms with van der Waals surface area (Å²) >= 11 is 0. The predicted molar refractivity (Wildman–Crippen MR) is 263 cm³/mol. The average Bonchev–Trinajstić information content (AvgIpc) is 3.25. The van der Waals surface area contributed by atoms with Crippen molar-refractivity contribution in [1.82, 2.24) is 14.7 Å². The van der Waals surface area contributed by atoms with Gasteiger partial charge in [-0.1, -0.05) is 144 Å². The summed E-state index contributed by atoms with van der Waals surface area (Å²) in [5.74, 6) is -1.70. The minimum atomic E-state index is -3.94. The Hall–Kier alpha value is -3.20. The Morgan fingerprint density at radius 3 is 1.45 bits per heavy atom. The molecule has 15 heteroatoms. The zero-order valence-electron chi connectivity index (χ0n) is 41.5. The summed E-state index contributed by atoms with van der Waals surface area (Å²) in [6.45, 7) is 3.80. The van der Waals surface area contributed by atoms with E-state index in [0.717, 1.165) is 36.8 Å². The SMILES string of the molecule is CN(CCN(C)CC(=O)OCCc1ccccc1)CCN(CC(=O)O)CC(=O)OCCc1ccc(CCCCCCCCCCCCCCCCCCOP(=O)(O)OCC[N+](C)(C)C)cc1. The Kier molecular flexibility index (Phi) is 32.0. The lowest BCUT2D eigenvalue weighted by molar-refractivity contribution is -0.870. The lowest BCUT2D eigenvalue weighted by atomic mass is 10.0. The van der Waals surface area contributed by atoms with Gasteiger partial charge in [0.25, 0.3) is 0 Å². The molecule has 2 aromatic rings. The molecule has 0 aliphatic carbocycles. The smallest absolute Gasteiger partial charge is 0.472 e. The molecule has 0 amide bonds. The van der Waals surface area contributed by atoms with Crippen LogP contribution in [0.2, 0.25) is 0 Å². The van der Waals surface area contributed by atoms with Gasteiger partial charge in [-0.15, -0.1) is 0 Å². The number of unbranched alkanes of at least 4 members (excludes halogenated alkanes) is 15. The summed E-state index contributed by atoms with van der Waals surface area (Å²) in [5, 5.41) is 9.43. The number of hydrogen-bond acceptors (Lipinski definition) is 11. The summed E-state index contributed by atoms with van der Waals surface area (Å²) in [6.07, 6.45) is 22.0. The van der Waals surface area contributed by atoms with E-state index >= 15 is 0 Å². The largest absolute Gasteiger partial charge is 0.480 e. The third-order valence-corrected chi connectivity index (χ3v) is 12.6. The molecule has 0 radical (unpaired) electrons. The standard InChI is InChI=1S/C51H87N4O10P/c1-52(34-35-53(2)44-50(58)62-40-32-46-25-22-20-23-26-46)36-37-54(43-49(56)57)45-51(59)63-41-33-48-30-28-47(29-31-48)27-21-18-16-14-12-10-8-6-7-9-11-13-15-17-19-24-39-64-66(60,61)65-42-38-55(3,4)5/h20,22-23,25-26,28-31H,6-19,21,24,27,32-45H2,1-5H3,(H-,56,57,60,61)/p+1. The average molecular weight is 948 g/mol. The maximum Gasteiger partial charge on any atom is 0.472 e. The molecule has 0 aliphatic rings. The van der Waals surface area contributed by atoms with E-state index in [4.69, 9.17) is 18.5 Å². The second kappa shape index (κ2) is 35.9. The van der Waals surface area contributed by atoms with Crippen molar-refractivity contribution in [3.05, 3.63) is 71.3 Å². The van der Waals surface area contributed by atoms with Crippen molar-refractivity contribution in [1.29, 1.82) is 0 Å². The summed E-state index contributed by atoms with van der Waals surface area (Å²) in [5.41, 5.74) is 3.55. The molecular formula is C51H88N4O10P+. The van der Waals surface area contributed by atoms with Gasteiger partial charge >= 0.3 is 25.7 Å². The van der Waals surface area contributed by atoms with Gasteiger partial charge in [-0.05, 0) is 50.0 Å². The number of phosphoric acid groups is 1. The highest BCUT2D eigenvalue weighted by Gasteiger charge is 2.22.